The lowest BCUT2D eigenvalue weighted by Gasteiger charge is -2.13. The number of imide groups is 1. The Hall–Kier alpha value is -3.09. The summed E-state index contributed by atoms with van der Waals surface area (Å²) < 4.78 is 26.2. The van der Waals surface area contributed by atoms with Crippen molar-refractivity contribution in [1.82, 2.24) is 10.2 Å². The third kappa shape index (κ3) is 4.19. The maximum absolute atomic E-state index is 13.1. The molecule has 5 nitrogen and oxygen atoms in total. The quantitative estimate of drug-likeness (QED) is 0.793. The van der Waals surface area contributed by atoms with E-state index in [1.165, 1.54) is 0 Å². The Kier molecular flexibility index (Phi) is 5.30. The smallest absolute Gasteiger partial charge is 0.261 e. The normalized spacial score (nSPS) is 13.1. The number of amides is 3. The third-order valence-corrected chi connectivity index (χ3v) is 4.32. The van der Waals surface area contributed by atoms with Crippen molar-refractivity contribution in [3.63, 3.8) is 0 Å². The Balaban J connectivity index is 1.49. The summed E-state index contributed by atoms with van der Waals surface area (Å²) in [4.78, 5) is 37.7. The predicted octanol–water partition coefficient (Wildman–Crippen LogP) is 2.97. The van der Waals surface area contributed by atoms with Crippen molar-refractivity contribution < 1.29 is 23.2 Å². The highest BCUT2D eigenvalue weighted by Crippen LogP contribution is 2.24. The van der Waals surface area contributed by atoms with Crippen LogP contribution in [0.15, 0.2) is 36.4 Å². The fourth-order valence-electron chi connectivity index (χ4n) is 3.01. The fraction of sp³-hybridized carbons (Fsp3) is 0.250. The molecule has 2 aromatic carbocycles. The van der Waals surface area contributed by atoms with Crippen molar-refractivity contribution in [2.75, 3.05) is 6.54 Å². The van der Waals surface area contributed by atoms with E-state index in [2.05, 4.69) is 5.32 Å². The summed E-state index contributed by atoms with van der Waals surface area (Å²) in [6, 6.07) is 8.13. The van der Waals surface area contributed by atoms with E-state index in [0.29, 0.717) is 23.1 Å². The average Bonchev–Trinajstić information content (AvgIpc) is 2.83. The van der Waals surface area contributed by atoms with Gasteiger partial charge >= 0.3 is 0 Å². The van der Waals surface area contributed by atoms with Crippen LogP contribution in [0.5, 0.6) is 0 Å². The lowest BCUT2D eigenvalue weighted by Crippen LogP contribution is -2.32. The van der Waals surface area contributed by atoms with Crippen molar-refractivity contribution in [3.8, 4) is 0 Å². The number of nitrogens with one attached hydrogen (secondary N) is 1. The SMILES string of the molecule is Cc1ccc2c(c1)C(=O)N(CCCC(=O)NCc1cc(F)cc(F)c1)C2=O. The maximum atomic E-state index is 13.1. The van der Waals surface area contributed by atoms with Crippen LogP contribution in [-0.2, 0) is 11.3 Å². The summed E-state index contributed by atoms with van der Waals surface area (Å²) in [6.45, 7) is 1.97. The molecule has 140 valence electrons. The van der Waals surface area contributed by atoms with Gasteiger partial charge in [-0.3, -0.25) is 19.3 Å². The molecule has 0 spiro atoms. The van der Waals surface area contributed by atoms with Crippen molar-refractivity contribution in [3.05, 3.63) is 70.3 Å². The van der Waals surface area contributed by atoms with Crippen molar-refractivity contribution >= 4 is 17.7 Å². The van der Waals surface area contributed by atoms with Gasteiger partial charge in [-0.05, 0) is 43.2 Å². The van der Waals surface area contributed by atoms with E-state index < -0.39 is 11.6 Å². The maximum Gasteiger partial charge on any atom is 0.261 e. The van der Waals surface area contributed by atoms with Crippen LogP contribution in [0.4, 0.5) is 8.78 Å². The molecule has 2 aromatic rings. The van der Waals surface area contributed by atoms with Crippen LogP contribution < -0.4 is 5.32 Å². The predicted molar refractivity (Wildman–Crippen MR) is 94.0 cm³/mol. The molecular formula is C20H18F2N2O3. The van der Waals surface area contributed by atoms with Crippen LogP contribution in [0.1, 0.15) is 44.7 Å². The molecule has 0 atom stereocenters. The highest BCUT2D eigenvalue weighted by molar-refractivity contribution is 6.21. The van der Waals surface area contributed by atoms with Gasteiger partial charge in [0, 0.05) is 25.6 Å². The van der Waals surface area contributed by atoms with Crippen LogP contribution in [0.2, 0.25) is 0 Å². The van der Waals surface area contributed by atoms with Gasteiger partial charge in [-0.2, -0.15) is 0 Å². The van der Waals surface area contributed by atoms with E-state index in [9.17, 15) is 23.2 Å². The van der Waals surface area contributed by atoms with Gasteiger partial charge in [-0.25, -0.2) is 8.78 Å². The van der Waals surface area contributed by atoms with E-state index in [4.69, 9.17) is 0 Å². The Labute approximate surface area is 155 Å². The number of halogens is 2. The Bertz CT molecular complexity index is 907. The number of carbonyl (C=O) groups excluding carboxylic acids is 3. The molecule has 0 saturated carbocycles. The standard InChI is InChI=1S/C20H18F2N2O3/c1-12-4-5-16-17(7-12)20(27)24(19(16)26)6-2-3-18(25)23-11-13-8-14(21)10-15(22)9-13/h4-5,7-10H,2-3,6,11H2,1H3,(H,23,25). The summed E-state index contributed by atoms with van der Waals surface area (Å²) in [6.07, 6.45) is 0.387. The number of hydrogen-bond donors (Lipinski definition) is 1. The van der Waals surface area contributed by atoms with Gasteiger partial charge in [0.15, 0.2) is 0 Å². The summed E-state index contributed by atoms with van der Waals surface area (Å²) >= 11 is 0. The first-order chi connectivity index (χ1) is 12.8. The number of benzene rings is 2. The largest absolute Gasteiger partial charge is 0.352 e. The van der Waals surface area contributed by atoms with Crippen LogP contribution in [0, 0.1) is 18.6 Å². The van der Waals surface area contributed by atoms with E-state index in [-0.39, 0.29) is 37.2 Å². The molecule has 7 heteroatoms. The molecule has 0 radical (unpaired) electrons. The molecular weight excluding hydrogens is 354 g/mol. The van der Waals surface area contributed by atoms with Gasteiger partial charge in [0.25, 0.3) is 11.8 Å². The van der Waals surface area contributed by atoms with E-state index in [1.807, 2.05) is 6.92 Å². The van der Waals surface area contributed by atoms with Gasteiger partial charge in [-0.15, -0.1) is 0 Å². The zero-order chi connectivity index (χ0) is 19.6. The summed E-state index contributed by atoms with van der Waals surface area (Å²) in [5.74, 6) is -2.45. The van der Waals surface area contributed by atoms with E-state index >= 15 is 0 Å². The lowest BCUT2D eigenvalue weighted by molar-refractivity contribution is -0.121. The average molecular weight is 372 g/mol. The molecule has 0 saturated heterocycles. The third-order valence-electron chi connectivity index (χ3n) is 4.32. The van der Waals surface area contributed by atoms with Gasteiger partial charge in [0.05, 0.1) is 11.1 Å². The van der Waals surface area contributed by atoms with E-state index in [1.54, 1.807) is 18.2 Å². The van der Waals surface area contributed by atoms with Crippen LogP contribution in [0.25, 0.3) is 0 Å². The molecule has 0 aliphatic carbocycles. The van der Waals surface area contributed by atoms with Gasteiger partial charge < -0.3 is 5.32 Å². The Morgan fingerprint density at radius 1 is 1.00 bits per heavy atom. The lowest BCUT2D eigenvalue weighted by atomic mass is 10.1. The highest BCUT2D eigenvalue weighted by atomic mass is 19.1. The van der Waals surface area contributed by atoms with Crippen LogP contribution >= 0.6 is 0 Å². The number of carbonyl (C=O) groups is 3. The summed E-state index contributed by atoms with van der Waals surface area (Å²) in [5, 5.41) is 2.57. The second-order valence-electron chi connectivity index (χ2n) is 6.47. The first-order valence-electron chi connectivity index (χ1n) is 8.53. The zero-order valence-corrected chi connectivity index (χ0v) is 14.7. The minimum absolute atomic E-state index is 0.000192. The molecule has 0 unspecified atom stereocenters. The van der Waals surface area contributed by atoms with Crippen molar-refractivity contribution in [2.24, 2.45) is 0 Å². The zero-order valence-electron chi connectivity index (χ0n) is 14.7. The van der Waals surface area contributed by atoms with Crippen LogP contribution in [-0.4, -0.2) is 29.2 Å². The van der Waals surface area contributed by atoms with Gasteiger partial charge in [-0.1, -0.05) is 11.6 Å². The summed E-state index contributed by atoms with van der Waals surface area (Å²) in [7, 11) is 0. The second kappa shape index (κ2) is 7.65. The second-order valence-corrected chi connectivity index (χ2v) is 6.47. The number of hydrogen-bond acceptors (Lipinski definition) is 3. The van der Waals surface area contributed by atoms with Crippen LogP contribution in [0.3, 0.4) is 0 Å². The molecule has 3 amide bonds. The minimum atomic E-state index is -0.708. The molecule has 1 heterocycles. The summed E-state index contributed by atoms with van der Waals surface area (Å²) in [5.41, 5.74) is 1.97. The molecule has 1 N–H and O–H groups in total. The molecule has 1 aliphatic heterocycles. The highest BCUT2D eigenvalue weighted by Gasteiger charge is 2.34. The monoisotopic (exact) mass is 372 g/mol. The fourth-order valence-corrected chi connectivity index (χ4v) is 3.01. The number of rotatable bonds is 6. The number of fused-ring (bicyclic) bond motifs is 1. The van der Waals surface area contributed by atoms with E-state index in [0.717, 1.165) is 28.7 Å². The molecule has 27 heavy (non-hydrogen) atoms. The first-order valence-corrected chi connectivity index (χ1v) is 8.53. The Morgan fingerprint density at radius 2 is 1.67 bits per heavy atom. The first kappa shape index (κ1) is 18.7. The number of nitrogens with zero attached hydrogens (tertiary/aromatic N) is 1. The molecule has 1 aliphatic rings. The number of aryl methyl sites for hydroxylation is 1. The molecule has 0 bridgehead atoms. The molecule has 0 fully saturated rings. The Morgan fingerprint density at radius 3 is 2.37 bits per heavy atom. The van der Waals surface area contributed by atoms with Gasteiger partial charge in [0.1, 0.15) is 11.6 Å². The topological polar surface area (TPSA) is 66.5 Å². The van der Waals surface area contributed by atoms with Crippen molar-refractivity contribution in [1.29, 1.82) is 0 Å². The van der Waals surface area contributed by atoms with Crippen molar-refractivity contribution in [2.45, 2.75) is 26.3 Å². The van der Waals surface area contributed by atoms with Gasteiger partial charge in [0.2, 0.25) is 5.91 Å². The minimum Gasteiger partial charge on any atom is -0.352 e. The molecule has 0 aromatic heterocycles. The molecule has 3 rings (SSSR count).